The van der Waals surface area contributed by atoms with E-state index in [1.165, 1.54) is 43.0 Å². The normalized spacial score (nSPS) is 16.7. The van der Waals surface area contributed by atoms with Crippen molar-refractivity contribution in [3.63, 3.8) is 0 Å². The summed E-state index contributed by atoms with van der Waals surface area (Å²) >= 11 is 1.50. The predicted octanol–water partition coefficient (Wildman–Crippen LogP) is 4.06. The first-order chi connectivity index (χ1) is 13.2. The topological polar surface area (TPSA) is 59.8 Å². The van der Waals surface area contributed by atoms with Crippen molar-refractivity contribution in [2.24, 2.45) is 11.8 Å². The van der Waals surface area contributed by atoms with Gasteiger partial charge in [0.15, 0.2) is 11.0 Å². The lowest BCUT2D eigenvalue weighted by atomic mass is 10.1. The van der Waals surface area contributed by atoms with Gasteiger partial charge in [-0.15, -0.1) is 10.2 Å². The highest BCUT2D eigenvalue weighted by Gasteiger charge is 2.42. The average molecular weight is 385 g/mol. The van der Waals surface area contributed by atoms with Crippen molar-refractivity contribution in [3.8, 4) is 11.4 Å². The molecule has 27 heavy (non-hydrogen) atoms. The highest BCUT2D eigenvalue weighted by atomic mass is 32.2. The molecular weight excluding hydrogens is 356 g/mol. The van der Waals surface area contributed by atoms with Crippen LogP contribution in [0.15, 0.2) is 29.4 Å². The third-order valence-electron chi connectivity index (χ3n) is 5.36. The van der Waals surface area contributed by atoms with E-state index in [9.17, 15) is 4.79 Å². The van der Waals surface area contributed by atoms with E-state index in [0.717, 1.165) is 41.3 Å². The van der Waals surface area contributed by atoms with Crippen LogP contribution in [0.3, 0.4) is 0 Å². The standard InChI is InChI=1S/C21H28N4OS/c1-3-11-25-20(17-6-4-5-14(2)12-17)23-24-21(25)27-13-18(26)22-19(15-7-8-15)16-9-10-16/h4-6,12,15-16,19H,3,7-11,13H2,1-2H3,(H,22,26). The quantitative estimate of drug-likeness (QED) is 0.662. The zero-order valence-corrected chi connectivity index (χ0v) is 17.0. The summed E-state index contributed by atoms with van der Waals surface area (Å²) < 4.78 is 2.14. The van der Waals surface area contributed by atoms with Gasteiger partial charge in [-0.05, 0) is 56.9 Å². The average Bonchev–Trinajstić information content (AvgIpc) is 3.57. The fourth-order valence-corrected chi connectivity index (χ4v) is 4.48. The summed E-state index contributed by atoms with van der Waals surface area (Å²) in [6.07, 6.45) is 6.11. The van der Waals surface area contributed by atoms with Crippen molar-refractivity contribution in [2.75, 3.05) is 5.75 Å². The molecule has 0 aliphatic heterocycles. The van der Waals surface area contributed by atoms with Crippen LogP contribution in [0.1, 0.15) is 44.6 Å². The summed E-state index contributed by atoms with van der Waals surface area (Å²) in [4.78, 5) is 12.5. The number of benzene rings is 1. The molecule has 2 aliphatic carbocycles. The van der Waals surface area contributed by atoms with Gasteiger partial charge in [0, 0.05) is 18.2 Å². The third kappa shape index (κ3) is 4.54. The first-order valence-electron chi connectivity index (χ1n) is 10.1. The van der Waals surface area contributed by atoms with Gasteiger partial charge in [-0.3, -0.25) is 4.79 Å². The van der Waals surface area contributed by atoms with E-state index >= 15 is 0 Å². The Balaban J connectivity index is 1.43. The lowest BCUT2D eigenvalue weighted by molar-refractivity contribution is -0.119. The molecule has 1 heterocycles. The number of nitrogens with zero attached hydrogens (tertiary/aromatic N) is 3. The van der Waals surface area contributed by atoms with Crippen LogP contribution in [0.25, 0.3) is 11.4 Å². The molecule has 0 atom stereocenters. The molecule has 144 valence electrons. The van der Waals surface area contributed by atoms with Crippen molar-refractivity contribution in [3.05, 3.63) is 29.8 Å². The van der Waals surface area contributed by atoms with Crippen LogP contribution in [0.5, 0.6) is 0 Å². The summed E-state index contributed by atoms with van der Waals surface area (Å²) in [5.41, 5.74) is 2.29. The highest BCUT2D eigenvalue weighted by Crippen LogP contribution is 2.44. The Morgan fingerprint density at radius 2 is 2.00 bits per heavy atom. The minimum Gasteiger partial charge on any atom is -0.352 e. The molecule has 2 fully saturated rings. The van der Waals surface area contributed by atoms with Gasteiger partial charge in [0.1, 0.15) is 0 Å². The molecule has 1 amide bonds. The molecule has 2 aromatic rings. The van der Waals surface area contributed by atoms with Crippen LogP contribution in [-0.2, 0) is 11.3 Å². The summed E-state index contributed by atoms with van der Waals surface area (Å²) in [6, 6.07) is 8.74. The fourth-order valence-electron chi connectivity index (χ4n) is 3.71. The van der Waals surface area contributed by atoms with Gasteiger partial charge in [0.2, 0.25) is 5.91 Å². The van der Waals surface area contributed by atoms with Gasteiger partial charge >= 0.3 is 0 Å². The van der Waals surface area contributed by atoms with Crippen LogP contribution in [-0.4, -0.2) is 32.5 Å². The van der Waals surface area contributed by atoms with E-state index in [4.69, 9.17) is 0 Å². The lowest BCUT2D eigenvalue weighted by Crippen LogP contribution is -2.39. The molecule has 0 unspecified atom stereocenters. The first-order valence-corrected chi connectivity index (χ1v) is 11.1. The van der Waals surface area contributed by atoms with Gasteiger partial charge in [-0.25, -0.2) is 0 Å². The highest BCUT2D eigenvalue weighted by molar-refractivity contribution is 7.99. The van der Waals surface area contributed by atoms with Gasteiger partial charge in [-0.1, -0.05) is 42.4 Å². The maximum Gasteiger partial charge on any atom is 0.230 e. The fraction of sp³-hybridized carbons (Fsp3) is 0.571. The van der Waals surface area contributed by atoms with E-state index in [1.807, 2.05) is 6.07 Å². The molecule has 0 radical (unpaired) electrons. The Morgan fingerprint density at radius 3 is 2.63 bits per heavy atom. The van der Waals surface area contributed by atoms with Gasteiger partial charge in [0.05, 0.1) is 5.75 Å². The molecule has 6 heteroatoms. The largest absolute Gasteiger partial charge is 0.352 e. The summed E-state index contributed by atoms with van der Waals surface area (Å²) in [6.45, 7) is 5.09. The third-order valence-corrected chi connectivity index (χ3v) is 6.33. The number of nitrogens with one attached hydrogen (secondary N) is 1. The second kappa shape index (κ2) is 8.05. The van der Waals surface area contributed by atoms with E-state index in [-0.39, 0.29) is 5.91 Å². The Kier molecular flexibility index (Phi) is 5.53. The number of hydrogen-bond donors (Lipinski definition) is 1. The number of carbonyl (C=O) groups excluding carboxylic acids is 1. The lowest BCUT2D eigenvalue weighted by Gasteiger charge is -2.17. The maximum atomic E-state index is 12.5. The van der Waals surface area contributed by atoms with Crippen LogP contribution >= 0.6 is 11.8 Å². The molecule has 1 aromatic carbocycles. The van der Waals surface area contributed by atoms with Crippen LogP contribution in [0, 0.1) is 18.8 Å². The number of thioether (sulfide) groups is 1. The molecule has 0 bridgehead atoms. The molecule has 4 rings (SSSR count). The minimum absolute atomic E-state index is 0.131. The van der Waals surface area contributed by atoms with E-state index in [1.54, 1.807) is 0 Å². The molecule has 0 saturated heterocycles. The SMILES string of the molecule is CCCn1c(SCC(=O)NC(C2CC2)C2CC2)nnc1-c1cccc(C)c1. The van der Waals surface area contributed by atoms with Crippen molar-refractivity contribution in [2.45, 2.75) is 63.7 Å². The number of aromatic nitrogens is 3. The van der Waals surface area contributed by atoms with E-state index < -0.39 is 0 Å². The van der Waals surface area contributed by atoms with E-state index in [0.29, 0.717) is 11.8 Å². The molecule has 5 nitrogen and oxygen atoms in total. The Hall–Kier alpha value is -1.82. The number of rotatable bonds is 9. The minimum atomic E-state index is 0.131. The van der Waals surface area contributed by atoms with Gasteiger partial charge in [-0.2, -0.15) is 0 Å². The molecule has 1 N–H and O–H groups in total. The summed E-state index contributed by atoms with van der Waals surface area (Å²) in [7, 11) is 0. The first kappa shape index (κ1) is 18.5. The molecule has 0 spiro atoms. The van der Waals surface area contributed by atoms with Gasteiger partial charge < -0.3 is 9.88 Å². The Bertz CT molecular complexity index is 798. The number of hydrogen-bond acceptors (Lipinski definition) is 4. The zero-order valence-electron chi connectivity index (χ0n) is 16.1. The number of aryl methyl sites for hydroxylation is 1. The smallest absolute Gasteiger partial charge is 0.230 e. The molecular formula is C21H28N4OS. The molecule has 2 aliphatic rings. The second-order valence-electron chi connectivity index (χ2n) is 7.88. The van der Waals surface area contributed by atoms with Crippen LogP contribution < -0.4 is 5.32 Å². The summed E-state index contributed by atoms with van der Waals surface area (Å²) in [5.74, 6) is 2.88. The molecule has 2 saturated carbocycles. The van der Waals surface area contributed by atoms with Crippen LogP contribution in [0.4, 0.5) is 0 Å². The number of amides is 1. The maximum absolute atomic E-state index is 12.5. The van der Waals surface area contributed by atoms with Crippen molar-refractivity contribution >= 4 is 17.7 Å². The van der Waals surface area contributed by atoms with Crippen LogP contribution in [0.2, 0.25) is 0 Å². The Morgan fingerprint density at radius 1 is 1.26 bits per heavy atom. The van der Waals surface area contributed by atoms with Crippen molar-refractivity contribution < 1.29 is 4.79 Å². The molecule has 1 aromatic heterocycles. The summed E-state index contributed by atoms with van der Waals surface area (Å²) in [5, 5.41) is 12.9. The van der Waals surface area contributed by atoms with Crippen molar-refractivity contribution in [1.82, 2.24) is 20.1 Å². The second-order valence-corrected chi connectivity index (χ2v) is 8.83. The van der Waals surface area contributed by atoms with E-state index in [2.05, 4.69) is 52.1 Å². The number of carbonyl (C=O) groups is 1. The Labute approximate surface area is 165 Å². The zero-order chi connectivity index (χ0) is 18.8. The van der Waals surface area contributed by atoms with Crippen molar-refractivity contribution in [1.29, 1.82) is 0 Å². The predicted molar refractivity (Wildman–Crippen MR) is 109 cm³/mol. The van der Waals surface area contributed by atoms with Gasteiger partial charge in [0.25, 0.3) is 0 Å². The monoisotopic (exact) mass is 384 g/mol.